The van der Waals surface area contributed by atoms with Crippen molar-refractivity contribution in [2.45, 2.75) is 6.18 Å². The highest BCUT2D eigenvalue weighted by Crippen LogP contribution is 2.39. The van der Waals surface area contributed by atoms with Gasteiger partial charge in [-0.05, 0) is 35.9 Å². The first-order valence-electron chi connectivity index (χ1n) is 7.13. The number of alkyl halides is 3. The lowest BCUT2D eigenvalue weighted by molar-refractivity contribution is -0.137. The summed E-state index contributed by atoms with van der Waals surface area (Å²) in [5, 5.41) is 9.63. The van der Waals surface area contributed by atoms with Crippen molar-refractivity contribution in [3.8, 4) is 17.6 Å². The highest BCUT2D eigenvalue weighted by molar-refractivity contribution is 6.32. The van der Waals surface area contributed by atoms with Crippen molar-refractivity contribution >= 4 is 23.3 Å². The minimum Gasteiger partial charge on any atom is -0.486 e. The van der Waals surface area contributed by atoms with E-state index in [9.17, 15) is 18.4 Å². The van der Waals surface area contributed by atoms with Crippen LogP contribution in [0.15, 0.2) is 30.5 Å². The average Bonchev–Trinajstić information content (AvgIpc) is 2.59. The molecule has 1 aromatic heterocycles. The summed E-state index contributed by atoms with van der Waals surface area (Å²) in [5.74, 6) is 0.874. The molecule has 1 aliphatic rings. The summed E-state index contributed by atoms with van der Waals surface area (Å²) in [5.41, 5.74) is -0.105. The zero-order valence-corrected chi connectivity index (χ0v) is 13.4. The van der Waals surface area contributed by atoms with Crippen molar-refractivity contribution in [1.29, 1.82) is 5.26 Å². The number of nitriles is 1. The SMILES string of the molecule is N#C/C(=C\c1cc(Cl)c2c(c1)OCCO2)c1ccc(C(F)(F)F)cn1. The van der Waals surface area contributed by atoms with Crippen LogP contribution in [0.25, 0.3) is 11.6 Å². The predicted molar refractivity (Wildman–Crippen MR) is 85.2 cm³/mol. The molecule has 0 fully saturated rings. The van der Waals surface area contributed by atoms with E-state index in [4.69, 9.17) is 21.1 Å². The monoisotopic (exact) mass is 366 g/mol. The number of benzene rings is 1. The number of pyridine rings is 1. The Labute approximate surface area is 146 Å². The molecule has 0 aliphatic carbocycles. The molecular weight excluding hydrogens is 357 g/mol. The molecule has 0 N–H and O–H groups in total. The molecule has 0 spiro atoms. The number of hydrogen-bond donors (Lipinski definition) is 0. The van der Waals surface area contributed by atoms with Crippen LogP contribution in [-0.4, -0.2) is 18.2 Å². The van der Waals surface area contributed by atoms with Crippen molar-refractivity contribution in [3.63, 3.8) is 0 Å². The Hall–Kier alpha value is -2.72. The topological polar surface area (TPSA) is 55.1 Å². The van der Waals surface area contributed by atoms with E-state index < -0.39 is 11.7 Å². The number of hydrogen-bond acceptors (Lipinski definition) is 4. The van der Waals surface area contributed by atoms with Gasteiger partial charge in [-0.3, -0.25) is 4.98 Å². The molecule has 3 rings (SSSR count). The molecule has 0 amide bonds. The van der Waals surface area contributed by atoms with Gasteiger partial charge in [-0.2, -0.15) is 18.4 Å². The van der Waals surface area contributed by atoms with Crippen molar-refractivity contribution in [1.82, 2.24) is 4.98 Å². The van der Waals surface area contributed by atoms with Gasteiger partial charge in [-0.25, -0.2) is 0 Å². The van der Waals surface area contributed by atoms with Gasteiger partial charge in [0.2, 0.25) is 0 Å². The molecule has 0 radical (unpaired) electrons. The standard InChI is InChI=1S/C17H10ClF3N2O2/c18-13-6-10(7-15-16(13)25-4-3-24-15)5-11(8-22)14-2-1-12(9-23-14)17(19,20)21/h1-2,5-7,9H,3-4H2/b11-5+. The third-order valence-corrected chi connectivity index (χ3v) is 3.70. The van der Waals surface area contributed by atoms with Gasteiger partial charge in [0, 0.05) is 6.20 Å². The largest absolute Gasteiger partial charge is 0.486 e. The van der Waals surface area contributed by atoms with Crippen molar-refractivity contribution in [2.75, 3.05) is 13.2 Å². The first-order chi connectivity index (χ1) is 11.9. The third-order valence-electron chi connectivity index (χ3n) is 3.42. The molecule has 0 saturated heterocycles. The van der Waals surface area contributed by atoms with Gasteiger partial charge in [-0.1, -0.05) is 11.6 Å². The van der Waals surface area contributed by atoms with E-state index in [1.54, 1.807) is 12.1 Å². The smallest absolute Gasteiger partial charge is 0.417 e. The van der Waals surface area contributed by atoms with E-state index >= 15 is 0 Å². The summed E-state index contributed by atoms with van der Waals surface area (Å²) >= 11 is 6.13. The van der Waals surface area contributed by atoms with Crippen LogP contribution in [0.5, 0.6) is 11.5 Å². The molecule has 25 heavy (non-hydrogen) atoms. The fourth-order valence-corrected chi connectivity index (χ4v) is 2.54. The van der Waals surface area contributed by atoms with E-state index in [0.29, 0.717) is 41.5 Å². The van der Waals surface area contributed by atoms with E-state index in [1.807, 2.05) is 6.07 Å². The van der Waals surface area contributed by atoms with Gasteiger partial charge in [0.1, 0.15) is 19.3 Å². The minimum atomic E-state index is -4.48. The Kier molecular flexibility index (Phi) is 4.55. The highest BCUT2D eigenvalue weighted by Gasteiger charge is 2.30. The second kappa shape index (κ2) is 6.65. The normalized spacial score (nSPS) is 14.1. The van der Waals surface area contributed by atoms with Gasteiger partial charge in [0.15, 0.2) is 11.5 Å². The summed E-state index contributed by atoms with van der Waals surface area (Å²) in [4.78, 5) is 3.72. The molecule has 2 aromatic rings. The highest BCUT2D eigenvalue weighted by atomic mass is 35.5. The third kappa shape index (κ3) is 3.69. The Morgan fingerprint density at radius 2 is 2.00 bits per heavy atom. The van der Waals surface area contributed by atoms with Crippen LogP contribution in [0.4, 0.5) is 13.2 Å². The van der Waals surface area contributed by atoms with Crippen LogP contribution in [0.2, 0.25) is 5.02 Å². The Bertz CT molecular complexity index is 871. The van der Waals surface area contributed by atoms with Crippen LogP contribution in [0.3, 0.4) is 0 Å². The lowest BCUT2D eigenvalue weighted by atomic mass is 10.1. The second-order valence-electron chi connectivity index (χ2n) is 5.13. The van der Waals surface area contributed by atoms with Gasteiger partial charge in [-0.15, -0.1) is 0 Å². The van der Waals surface area contributed by atoms with E-state index in [1.165, 1.54) is 6.08 Å². The maximum absolute atomic E-state index is 12.6. The van der Waals surface area contributed by atoms with Crippen LogP contribution in [0.1, 0.15) is 16.8 Å². The van der Waals surface area contributed by atoms with Crippen molar-refractivity contribution in [3.05, 3.63) is 52.3 Å². The molecule has 128 valence electrons. The maximum atomic E-state index is 12.6. The molecule has 4 nitrogen and oxygen atoms in total. The second-order valence-corrected chi connectivity index (χ2v) is 5.53. The first-order valence-corrected chi connectivity index (χ1v) is 7.51. The Morgan fingerprint density at radius 3 is 2.64 bits per heavy atom. The molecule has 0 unspecified atom stereocenters. The van der Waals surface area contributed by atoms with Crippen LogP contribution < -0.4 is 9.47 Å². The first kappa shape index (κ1) is 17.1. The maximum Gasteiger partial charge on any atom is 0.417 e. The number of nitrogens with zero attached hydrogens (tertiary/aromatic N) is 2. The average molecular weight is 367 g/mol. The summed E-state index contributed by atoms with van der Waals surface area (Å²) in [7, 11) is 0. The Balaban J connectivity index is 1.96. The summed E-state index contributed by atoms with van der Waals surface area (Å²) in [6.45, 7) is 0.767. The van der Waals surface area contributed by atoms with Crippen LogP contribution >= 0.6 is 11.6 Å². The van der Waals surface area contributed by atoms with Crippen molar-refractivity contribution < 1.29 is 22.6 Å². The fourth-order valence-electron chi connectivity index (χ4n) is 2.27. The van der Waals surface area contributed by atoms with Gasteiger partial charge >= 0.3 is 6.18 Å². The summed E-state index contributed by atoms with van der Waals surface area (Å²) in [6, 6.07) is 7.18. The van der Waals surface area contributed by atoms with Crippen LogP contribution in [0, 0.1) is 11.3 Å². The molecular formula is C17H10ClF3N2O2. The molecule has 1 aliphatic heterocycles. The van der Waals surface area contributed by atoms with E-state index in [-0.39, 0.29) is 11.3 Å². The Morgan fingerprint density at radius 1 is 1.24 bits per heavy atom. The number of fused-ring (bicyclic) bond motifs is 1. The van der Waals surface area contributed by atoms with E-state index in [2.05, 4.69) is 4.98 Å². The van der Waals surface area contributed by atoms with Crippen molar-refractivity contribution in [2.24, 2.45) is 0 Å². The van der Waals surface area contributed by atoms with Gasteiger partial charge in [0.25, 0.3) is 0 Å². The zero-order valence-electron chi connectivity index (χ0n) is 12.6. The van der Waals surface area contributed by atoms with Gasteiger partial charge < -0.3 is 9.47 Å². The minimum absolute atomic E-state index is 0.0986. The lowest BCUT2D eigenvalue weighted by Crippen LogP contribution is -2.15. The molecule has 1 aromatic carbocycles. The van der Waals surface area contributed by atoms with Gasteiger partial charge in [0.05, 0.1) is 21.9 Å². The molecule has 0 bridgehead atoms. The summed E-state index contributed by atoms with van der Waals surface area (Å²) < 4.78 is 48.6. The zero-order chi connectivity index (χ0) is 18.0. The number of allylic oxidation sites excluding steroid dienone is 1. The summed E-state index contributed by atoms with van der Waals surface area (Å²) in [6.07, 6.45) is -2.32. The number of halogens is 4. The molecule has 0 saturated carbocycles. The number of rotatable bonds is 2. The quantitative estimate of drug-likeness (QED) is 0.729. The predicted octanol–water partition coefficient (Wildman–Crippen LogP) is 4.59. The lowest BCUT2D eigenvalue weighted by Gasteiger charge is -2.19. The molecule has 0 atom stereocenters. The molecule has 8 heteroatoms. The van der Waals surface area contributed by atoms with E-state index in [0.717, 1.165) is 12.1 Å². The fraction of sp³-hybridized carbons (Fsp3) is 0.176. The molecule has 2 heterocycles. The number of ether oxygens (including phenoxy) is 2. The van der Waals surface area contributed by atoms with Crippen LogP contribution in [-0.2, 0) is 6.18 Å². The number of aromatic nitrogens is 1.